The van der Waals surface area contributed by atoms with Gasteiger partial charge in [0.1, 0.15) is 11.6 Å². The minimum Gasteiger partial charge on any atom is -0.453 e. The molecule has 0 radical (unpaired) electrons. The predicted octanol–water partition coefficient (Wildman–Crippen LogP) is 3.17. The molecular formula is C13H12F2N2O. The molecule has 1 aromatic carbocycles. The minimum atomic E-state index is -0.632. The molecule has 0 aliphatic heterocycles. The Labute approximate surface area is 103 Å². The summed E-state index contributed by atoms with van der Waals surface area (Å²) in [4.78, 5) is 4.06. The number of nitrogens with two attached hydrogens (primary N) is 1. The van der Waals surface area contributed by atoms with Gasteiger partial charge >= 0.3 is 0 Å². The molecule has 1 heterocycles. The maximum absolute atomic E-state index is 13.3. The minimum absolute atomic E-state index is 0.176. The van der Waals surface area contributed by atoms with E-state index < -0.39 is 11.6 Å². The third kappa shape index (κ3) is 2.81. The summed E-state index contributed by atoms with van der Waals surface area (Å²) in [6, 6.07) is 6.11. The summed E-state index contributed by atoms with van der Waals surface area (Å²) in [5, 5.41) is 0. The summed E-state index contributed by atoms with van der Waals surface area (Å²) in [5.41, 5.74) is 6.34. The molecule has 0 bridgehead atoms. The van der Waals surface area contributed by atoms with Crippen LogP contribution in [0.2, 0.25) is 0 Å². The molecule has 0 unspecified atom stereocenters. The zero-order valence-corrected chi connectivity index (χ0v) is 9.73. The normalized spacial score (nSPS) is 12.2. The Morgan fingerprint density at radius 2 is 2.00 bits per heavy atom. The van der Waals surface area contributed by atoms with Crippen molar-refractivity contribution in [3.05, 3.63) is 53.9 Å². The number of nitrogens with zero attached hydrogens (tertiary/aromatic N) is 1. The second kappa shape index (κ2) is 5.10. The summed E-state index contributed by atoms with van der Waals surface area (Å²) >= 11 is 0. The highest BCUT2D eigenvalue weighted by atomic mass is 19.1. The molecule has 1 atom stereocenters. The van der Waals surface area contributed by atoms with Crippen molar-refractivity contribution in [3.63, 3.8) is 0 Å². The molecule has 0 aliphatic carbocycles. The van der Waals surface area contributed by atoms with Crippen LogP contribution in [0.4, 0.5) is 8.78 Å². The Kier molecular flexibility index (Phi) is 3.53. The van der Waals surface area contributed by atoms with Gasteiger partial charge < -0.3 is 10.5 Å². The van der Waals surface area contributed by atoms with Gasteiger partial charge in [0.25, 0.3) is 0 Å². The number of halogens is 2. The van der Waals surface area contributed by atoms with Crippen LogP contribution in [0.15, 0.2) is 36.5 Å². The fourth-order valence-electron chi connectivity index (χ4n) is 1.40. The Bertz CT molecular complexity index is 541. The molecule has 3 nitrogen and oxygen atoms in total. The summed E-state index contributed by atoms with van der Waals surface area (Å²) in [7, 11) is 0. The van der Waals surface area contributed by atoms with E-state index in [-0.39, 0.29) is 11.8 Å². The number of pyridine rings is 1. The number of hydrogen-bond donors (Lipinski definition) is 1. The molecule has 5 heteroatoms. The van der Waals surface area contributed by atoms with E-state index in [1.165, 1.54) is 6.20 Å². The summed E-state index contributed by atoms with van der Waals surface area (Å²) in [5.74, 6) is -1.05. The third-order valence-electron chi connectivity index (χ3n) is 2.35. The van der Waals surface area contributed by atoms with Crippen LogP contribution in [-0.2, 0) is 0 Å². The van der Waals surface area contributed by atoms with Gasteiger partial charge in [-0.05, 0) is 31.2 Å². The molecule has 0 fully saturated rings. The number of ether oxygens (including phenoxy) is 1. The zero-order chi connectivity index (χ0) is 13.1. The maximum Gasteiger partial charge on any atom is 0.166 e. The highest BCUT2D eigenvalue weighted by Crippen LogP contribution is 2.25. The summed E-state index contributed by atoms with van der Waals surface area (Å²) in [6.07, 6.45) is 1.42. The van der Waals surface area contributed by atoms with Crippen LogP contribution in [0.3, 0.4) is 0 Å². The number of aromatic nitrogens is 1. The van der Waals surface area contributed by atoms with Crippen molar-refractivity contribution in [1.82, 2.24) is 4.98 Å². The third-order valence-corrected chi connectivity index (χ3v) is 2.35. The lowest BCUT2D eigenvalue weighted by Crippen LogP contribution is -2.06. The molecule has 2 aromatic rings. The van der Waals surface area contributed by atoms with E-state index in [4.69, 9.17) is 10.5 Å². The van der Waals surface area contributed by atoms with Gasteiger partial charge in [0.2, 0.25) is 0 Å². The van der Waals surface area contributed by atoms with Gasteiger partial charge in [-0.25, -0.2) is 8.78 Å². The first-order valence-corrected chi connectivity index (χ1v) is 5.40. The molecule has 18 heavy (non-hydrogen) atoms. The molecule has 94 valence electrons. The summed E-state index contributed by atoms with van der Waals surface area (Å²) in [6.45, 7) is 1.80. The predicted molar refractivity (Wildman–Crippen MR) is 63.3 cm³/mol. The van der Waals surface area contributed by atoms with E-state index in [2.05, 4.69) is 4.98 Å². The quantitative estimate of drug-likeness (QED) is 0.910. The standard InChI is InChI=1S/C13H12F2N2O/c1-8(16)12-5-3-10(7-17-12)18-13-6-9(14)2-4-11(13)15/h2-8H,16H2,1H3/t8-/m1/s1. The van der Waals surface area contributed by atoms with E-state index in [1.807, 2.05) is 0 Å². The molecule has 2 rings (SSSR count). The van der Waals surface area contributed by atoms with Gasteiger partial charge in [0.15, 0.2) is 11.6 Å². The lowest BCUT2D eigenvalue weighted by atomic mass is 10.2. The maximum atomic E-state index is 13.3. The van der Waals surface area contributed by atoms with Crippen LogP contribution >= 0.6 is 0 Å². The Morgan fingerprint density at radius 1 is 1.22 bits per heavy atom. The first kappa shape index (κ1) is 12.4. The molecule has 0 amide bonds. The van der Waals surface area contributed by atoms with Gasteiger partial charge in [-0.15, -0.1) is 0 Å². The first-order valence-electron chi connectivity index (χ1n) is 5.40. The van der Waals surface area contributed by atoms with Crippen molar-refractivity contribution < 1.29 is 13.5 Å². The van der Waals surface area contributed by atoms with E-state index in [1.54, 1.807) is 19.1 Å². The second-order valence-electron chi connectivity index (χ2n) is 3.88. The van der Waals surface area contributed by atoms with Crippen LogP contribution in [-0.4, -0.2) is 4.98 Å². The van der Waals surface area contributed by atoms with Gasteiger partial charge in [-0.2, -0.15) is 0 Å². The van der Waals surface area contributed by atoms with Gasteiger partial charge in [-0.3, -0.25) is 4.98 Å². The lowest BCUT2D eigenvalue weighted by molar-refractivity contribution is 0.434. The van der Waals surface area contributed by atoms with E-state index in [0.717, 1.165) is 18.2 Å². The molecule has 0 saturated carbocycles. The van der Waals surface area contributed by atoms with Crippen molar-refractivity contribution in [2.24, 2.45) is 5.73 Å². The topological polar surface area (TPSA) is 48.1 Å². The van der Waals surface area contributed by atoms with Gasteiger partial charge in [-0.1, -0.05) is 0 Å². The Morgan fingerprint density at radius 3 is 2.61 bits per heavy atom. The fraction of sp³-hybridized carbons (Fsp3) is 0.154. The van der Waals surface area contributed by atoms with Crippen LogP contribution in [0.1, 0.15) is 18.7 Å². The lowest BCUT2D eigenvalue weighted by Gasteiger charge is -2.08. The van der Waals surface area contributed by atoms with E-state index in [0.29, 0.717) is 11.4 Å². The summed E-state index contributed by atoms with van der Waals surface area (Å²) < 4.78 is 31.5. The average Bonchev–Trinajstić information content (AvgIpc) is 2.34. The van der Waals surface area contributed by atoms with Crippen LogP contribution in [0, 0.1) is 11.6 Å². The van der Waals surface area contributed by atoms with Crippen molar-refractivity contribution in [1.29, 1.82) is 0 Å². The molecule has 2 N–H and O–H groups in total. The first-order chi connectivity index (χ1) is 8.56. The largest absolute Gasteiger partial charge is 0.453 e. The van der Waals surface area contributed by atoms with E-state index in [9.17, 15) is 8.78 Å². The number of rotatable bonds is 3. The highest BCUT2D eigenvalue weighted by Gasteiger charge is 2.07. The van der Waals surface area contributed by atoms with Crippen LogP contribution in [0.25, 0.3) is 0 Å². The van der Waals surface area contributed by atoms with E-state index >= 15 is 0 Å². The molecule has 0 saturated heterocycles. The van der Waals surface area contributed by atoms with Crippen molar-refractivity contribution in [3.8, 4) is 11.5 Å². The zero-order valence-electron chi connectivity index (χ0n) is 9.73. The van der Waals surface area contributed by atoms with Crippen LogP contribution < -0.4 is 10.5 Å². The van der Waals surface area contributed by atoms with Crippen molar-refractivity contribution in [2.45, 2.75) is 13.0 Å². The fourth-order valence-corrected chi connectivity index (χ4v) is 1.40. The van der Waals surface area contributed by atoms with Gasteiger partial charge in [0.05, 0.1) is 11.9 Å². The van der Waals surface area contributed by atoms with Crippen molar-refractivity contribution in [2.75, 3.05) is 0 Å². The second-order valence-corrected chi connectivity index (χ2v) is 3.88. The Balaban J connectivity index is 2.21. The number of hydrogen-bond acceptors (Lipinski definition) is 3. The molecule has 0 spiro atoms. The smallest absolute Gasteiger partial charge is 0.166 e. The monoisotopic (exact) mass is 250 g/mol. The SMILES string of the molecule is C[C@@H](N)c1ccc(Oc2cc(F)ccc2F)cn1. The van der Waals surface area contributed by atoms with Crippen molar-refractivity contribution >= 4 is 0 Å². The highest BCUT2D eigenvalue weighted by molar-refractivity contribution is 5.31. The van der Waals surface area contributed by atoms with Crippen LogP contribution in [0.5, 0.6) is 11.5 Å². The number of benzene rings is 1. The Hall–Kier alpha value is -2.01. The molecule has 0 aliphatic rings. The molecular weight excluding hydrogens is 238 g/mol. The molecule has 1 aromatic heterocycles. The van der Waals surface area contributed by atoms with Gasteiger partial charge in [0, 0.05) is 12.1 Å². The average molecular weight is 250 g/mol.